The number of unbranched alkanes of at least 4 members (excludes halogenated alkanes) is 4. The fourth-order valence-corrected chi connectivity index (χ4v) is 4.39. The third-order valence-electron chi connectivity index (χ3n) is 7.25. The first kappa shape index (κ1) is 49.7. The van der Waals surface area contributed by atoms with Crippen LogP contribution in [0.2, 0.25) is 0 Å². The number of carboxylic acids is 1. The van der Waals surface area contributed by atoms with Gasteiger partial charge in [-0.2, -0.15) is 0 Å². The first-order valence-corrected chi connectivity index (χ1v) is 17.9. The molecular formula is C38H54O17. The Balaban J connectivity index is 0.00000207. The number of carbonyl (C=O) groups excluding carboxylic acids is 7. The summed E-state index contributed by atoms with van der Waals surface area (Å²) >= 11 is 0. The van der Waals surface area contributed by atoms with Crippen LogP contribution >= 0.6 is 0 Å². The summed E-state index contributed by atoms with van der Waals surface area (Å²) in [6.07, 6.45) is 3.81. The first-order valence-electron chi connectivity index (χ1n) is 17.9. The smallest absolute Gasteiger partial charge is 0.330 e. The third-order valence-corrected chi connectivity index (χ3v) is 7.25. The zero-order valence-corrected chi connectivity index (χ0v) is 31.4. The lowest BCUT2D eigenvalue weighted by Gasteiger charge is -2.39. The molecule has 0 aromatic carbocycles. The minimum Gasteiger partial charge on any atom is -0.481 e. The van der Waals surface area contributed by atoms with Crippen LogP contribution in [-0.4, -0.2) is 110 Å². The van der Waals surface area contributed by atoms with Crippen molar-refractivity contribution in [2.24, 2.45) is 0 Å². The molecule has 0 amide bonds. The lowest BCUT2D eigenvalue weighted by Crippen LogP contribution is -2.56. The quantitative estimate of drug-likeness (QED) is 0.0540. The topological polar surface area (TPSA) is 231 Å². The number of hydrogen-bond donors (Lipinski definition) is 1. The van der Waals surface area contributed by atoms with Crippen LogP contribution in [0.5, 0.6) is 0 Å². The molecule has 55 heavy (non-hydrogen) atoms. The van der Waals surface area contributed by atoms with Crippen LogP contribution in [0.1, 0.15) is 84.0 Å². The average molecular weight is 783 g/mol. The summed E-state index contributed by atoms with van der Waals surface area (Å²) in [7, 11) is 0. The summed E-state index contributed by atoms with van der Waals surface area (Å²) in [4.78, 5) is 91.8. The van der Waals surface area contributed by atoms with Gasteiger partial charge in [-0.05, 0) is 58.3 Å². The highest BCUT2D eigenvalue weighted by Crippen LogP contribution is 2.25. The van der Waals surface area contributed by atoms with E-state index < -0.39 is 72.2 Å². The van der Waals surface area contributed by atoms with Crippen LogP contribution in [0.15, 0.2) is 50.6 Å². The molecule has 0 aromatic heterocycles. The summed E-state index contributed by atoms with van der Waals surface area (Å²) in [6.45, 7) is 15.3. The molecule has 17 nitrogen and oxygen atoms in total. The molecule has 0 aromatic rings. The van der Waals surface area contributed by atoms with Gasteiger partial charge in [0.1, 0.15) is 0 Å². The van der Waals surface area contributed by atoms with Gasteiger partial charge in [0.25, 0.3) is 0 Å². The van der Waals surface area contributed by atoms with E-state index in [1.54, 1.807) is 6.92 Å². The Morgan fingerprint density at radius 3 is 1.20 bits per heavy atom. The molecule has 0 aliphatic carbocycles. The molecule has 1 unspecified atom stereocenters. The molecule has 308 valence electrons. The molecule has 1 saturated heterocycles. The molecule has 1 heterocycles. The van der Waals surface area contributed by atoms with Gasteiger partial charge in [0.2, 0.25) is 0 Å². The lowest BCUT2D eigenvalue weighted by molar-refractivity contribution is -0.225. The van der Waals surface area contributed by atoms with Crippen LogP contribution in [0.3, 0.4) is 0 Å². The summed E-state index contributed by atoms with van der Waals surface area (Å²) in [6, 6.07) is 0. The normalized spacial score (nSPS) is 17.0. The predicted octanol–water partition coefficient (Wildman–Crippen LogP) is 3.81. The molecular weight excluding hydrogens is 728 g/mol. The third kappa shape index (κ3) is 26.2. The Bertz CT molecular complexity index is 1290. The van der Waals surface area contributed by atoms with Crippen molar-refractivity contribution in [2.45, 2.75) is 108 Å². The minimum absolute atomic E-state index is 0.000162. The highest BCUT2D eigenvalue weighted by molar-refractivity contribution is 5.82. The number of hydrogen-bond acceptors (Lipinski definition) is 16. The van der Waals surface area contributed by atoms with Gasteiger partial charge in [-0.1, -0.05) is 26.3 Å². The standard InChI is InChI=1S/C30H42O13.C8H12O4/c1-5-23(31)37-17-11-8-14-26(34)41-22-20-40-21(4)29(42-27(35)15-9-12-18-38-24(32)6-2)30(22)43-28(36)16-10-13-19-39-25(33)7-3;1-2-8(11)12-6-4-3-5-7(9)10/h5-7,21-22,29-30H,1-3,8-20H2,4H3;2H,1,3-6H2,(H,9,10)/t21?,22-,29+,30+;/m1./s1. The fraction of sp³-hybridized carbons (Fsp3) is 0.579. The fourth-order valence-electron chi connectivity index (χ4n) is 4.39. The van der Waals surface area contributed by atoms with Gasteiger partial charge in [-0.3, -0.25) is 19.2 Å². The van der Waals surface area contributed by atoms with Crippen molar-refractivity contribution < 1.29 is 81.4 Å². The molecule has 0 saturated carbocycles. The molecule has 1 N–H and O–H groups in total. The predicted molar refractivity (Wildman–Crippen MR) is 193 cm³/mol. The zero-order chi connectivity index (χ0) is 41.4. The van der Waals surface area contributed by atoms with Gasteiger partial charge < -0.3 is 43.0 Å². The maximum atomic E-state index is 12.7. The van der Waals surface area contributed by atoms with E-state index in [1.165, 1.54) is 0 Å². The lowest BCUT2D eigenvalue weighted by atomic mass is 10.00. The van der Waals surface area contributed by atoms with E-state index in [4.69, 9.17) is 38.3 Å². The second-order valence-electron chi connectivity index (χ2n) is 11.7. The van der Waals surface area contributed by atoms with Crippen molar-refractivity contribution in [1.82, 2.24) is 0 Å². The van der Waals surface area contributed by atoms with Crippen LogP contribution < -0.4 is 0 Å². The second kappa shape index (κ2) is 31.1. The van der Waals surface area contributed by atoms with Gasteiger partial charge in [0.15, 0.2) is 18.3 Å². The minimum atomic E-state index is -1.13. The maximum absolute atomic E-state index is 12.7. The molecule has 17 heteroatoms. The van der Waals surface area contributed by atoms with Gasteiger partial charge in [-0.25, -0.2) is 19.2 Å². The van der Waals surface area contributed by atoms with Crippen molar-refractivity contribution in [3.05, 3.63) is 50.6 Å². The van der Waals surface area contributed by atoms with Gasteiger partial charge in [0, 0.05) is 50.0 Å². The molecule has 1 rings (SSSR count). The number of carbonyl (C=O) groups is 8. The zero-order valence-electron chi connectivity index (χ0n) is 31.4. The molecule has 4 atom stereocenters. The molecule has 1 aliphatic rings. The van der Waals surface area contributed by atoms with E-state index in [0.717, 1.165) is 24.3 Å². The maximum Gasteiger partial charge on any atom is 0.330 e. The van der Waals surface area contributed by atoms with Crippen molar-refractivity contribution in [3.63, 3.8) is 0 Å². The Labute approximate surface area is 320 Å². The number of carboxylic acid groups (broad SMARTS) is 1. The summed E-state index contributed by atoms with van der Waals surface area (Å²) in [5.74, 6) is -4.79. The first-order chi connectivity index (χ1) is 26.3. The van der Waals surface area contributed by atoms with Crippen molar-refractivity contribution in [2.75, 3.05) is 33.0 Å². The Morgan fingerprint density at radius 2 is 0.855 bits per heavy atom. The summed E-state index contributed by atoms with van der Waals surface area (Å²) in [5.41, 5.74) is 0. The van der Waals surface area contributed by atoms with Crippen molar-refractivity contribution in [1.29, 1.82) is 0 Å². The highest BCUT2D eigenvalue weighted by Gasteiger charge is 2.45. The summed E-state index contributed by atoms with van der Waals surface area (Å²) in [5, 5.41) is 8.24. The molecule has 0 radical (unpaired) electrons. The van der Waals surface area contributed by atoms with E-state index in [2.05, 4.69) is 31.1 Å². The Morgan fingerprint density at radius 1 is 0.527 bits per heavy atom. The monoisotopic (exact) mass is 782 g/mol. The van der Waals surface area contributed by atoms with Crippen LogP contribution in [0.4, 0.5) is 0 Å². The van der Waals surface area contributed by atoms with Crippen LogP contribution in [0, 0.1) is 0 Å². The molecule has 0 bridgehead atoms. The van der Waals surface area contributed by atoms with E-state index >= 15 is 0 Å². The second-order valence-corrected chi connectivity index (χ2v) is 11.7. The van der Waals surface area contributed by atoms with Crippen molar-refractivity contribution >= 4 is 47.8 Å². The van der Waals surface area contributed by atoms with Gasteiger partial charge in [-0.15, -0.1) is 0 Å². The summed E-state index contributed by atoms with van der Waals surface area (Å²) < 4.78 is 41.8. The Hall–Kier alpha value is -5.32. The van der Waals surface area contributed by atoms with Crippen LogP contribution in [0.25, 0.3) is 0 Å². The largest absolute Gasteiger partial charge is 0.481 e. The average Bonchev–Trinajstić information content (AvgIpc) is 3.16. The van der Waals surface area contributed by atoms with E-state index in [1.807, 2.05) is 0 Å². The highest BCUT2D eigenvalue weighted by atomic mass is 16.6. The molecule has 1 aliphatic heterocycles. The van der Waals surface area contributed by atoms with Crippen molar-refractivity contribution in [3.8, 4) is 0 Å². The van der Waals surface area contributed by atoms with E-state index in [0.29, 0.717) is 51.4 Å². The van der Waals surface area contributed by atoms with E-state index in [9.17, 15) is 38.4 Å². The SMILES string of the molecule is C=CC(=O)OCCCCC(=O)O.C=CC(=O)OCCCCC(=O)O[C@H]1[C@H](OC(=O)CCCCOC(=O)C=C)COC(C)[C@@H]1OC(=O)CCCCOC(=O)C=C. The van der Waals surface area contributed by atoms with Crippen LogP contribution in [-0.2, 0) is 76.3 Å². The van der Waals surface area contributed by atoms with Gasteiger partial charge >= 0.3 is 47.8 Å². The van der Waals surface area contributed by atoms with E-state index in [-0.39, 0.29) is 58.7 Å². The van der Waals surface area contributed by atoms with Gasteiger partial charge in [0.05, 0.1) is 39.1 Å². The number of esters is 7. The number of aliphatic carboxylic acids is 1. The number of ether oxygens (including phenoxy) is 8. The Kier molecular flexibility index (Phi) is 28.1. The molecule has 1 fully saturated rings. The number of rotatable bonds is 27. The molecule has 0 spiro atoms.